The third-order valence-electron chi connectivity index (χ3n) is 4.86. The van der Waals surface area contributed by atoms with E-state index in [1.807, 2.05) is 36.5 Å². The Balaban J connectivity index is 1.55. The molecule has 0 aliphatic carbocycles. The average Bonchev–Trinajstić information content (AvgIpc) is 2.84. The molecule has 3 aromatic rings. The second-order valence-electron chi connectivity index (χ2n) is 6.74. The Morgan fingerprint density at radius 1 is 1.00 bits per heavy atom. The highest BCUT2D eigenvalue weighted by atomic mass is 16.3. The highest BCUT2D eigenvalue weighted by Gasteiger charge is 2.23. The summed E-state index contributed by atoms with van der Waals surface area (Å²) in [4.78, 5) is 13.2. The molecule has 0 saturated carbocycles. The molecule has 6 heteroatoms. The molecule has 1 aliphatic heterocycles. The van der Waals surface area contributed by atoms with E-state index in [0.717, 1.165) is 35.2 Å². The number of nitrogens with zero attached hydrogens (tertiary/aromatic N) is 4. The monoisotopic (exact) mass is 349 g/mol. The first-order chi connectivity index (χ1) is 12.7. The summed E-state index contributed by atoms with van der Waals surface area (Å²) >= 11 is 0. The highest BCUT2D eigenvalue weighted by molar-refractivity contribution is 5.92. The fourth-order valence-corrected chi connectivity index (χ4v) is 3.57. The molecule has 26 heavy (non-hydrogen) atoms. The number of aliphatic hydroxyl groups excluding tert-OH is 1. The van der Waals surface area contributed by atoms with Gasteiger partial charge in [0.2, 0.25) is 0 Å². The van der Waals surface area contributed by atoms with E-state index in [0.29, 0.717) is 25.5 Å². The van der Waals surface area contributed by atoms with Gasteiger partial charge in [-0.05, 0) is 17.5 Å². The lowest BCUT2D eigenvalue weighted by atomic mass is 10.1. The van der Waals surface area contributed by atoms with Crippen LogP contribution in [0, 0.1) is 0 Å². The van der Waals surface area contributed by atoms with Crippen molar-refractivity contribution >= 4 is 22.4 Å². The summed E-state index contributed by atoms with van der Waals surface area (Å²) in [5.74, 6) is 1.49. The summed E-state index contributed by atoms with van der Waals surface area (Å²) in [6, 6.07) is 14.1. The quantitative estimate of drug-likeness (QED) is 0.752. The largest absolute Gasteiger partial charge is 0.390 e. The minimum Gasteiger partial charge on any atom is -0.390 e. The summed E-state index contributed by atoms with van der Waals surface area (Å²) in [6.07, 6.45) is 3.09. The predicted octanol–water partition coefficient (Wildman–Crippen LogP) is 1.90. The molecule has 1 aliphatic rings. The molecule has 134 valence electrons. The van der Waals surface area contributed by atoms with Crippen LogP contribution in [0.4, 0.5) is 11.6 Å². The molecule has 0 bridgehead atoms. The lowest BCUT2D eigenvalue weighted by Crippen LogP contribution is -2.33. The Morgan fingerprint density at radius 2 is 1.88 bits per heavy atom. The molecule has 3 N–H and O–H groups in total. The molecule has 3 heterocycles. The second kappa shape index (κ2) is 7.27. The molecule has 0 unspecified atom stereocenters. The normalized spacial score (nSPS) is 18.8. The molecule has 0 amide bonds. The molecule has 1 fully saturated rings. The number of aromatic nitrogens is 2. The maximum atomic E-state index is 10.6. The van der Waals surface area contributed by atoms with Crippen LogP contribution in [0.1, 0.15) is 5.56 Å². The van der Waals surface area contributed by atoms with Crippen molar-refractivity contribution in [1.82, 2.24) is 14.9 Å². The number of rotatable bonds is 3. The molecule has 1 aromatic carbocycles. The zero-order chi connectivity index (χ0) is 17.9. The molecule has 1 saturated heterocycles. The fraction of sp³-hybridized carbons (Fsp3) is 0.300. The topological polar surface area (TPSA) is 78.5 Å². The Labute approximate surface area is 152 Å². The van der Waals surface area contributed by atoms with Gasteiger partial charge in [0.1, 0.15) is 11.6 Å². The van der Waals surface area contributed by atoms with Gasteiger partial charge in [0.25, 0.3) is 0 Å². The first kappa shape index (κ1) is 16.8. The molecule has 0 spiro atoms. The van der Waals surface area contributed by atoms with Gasteiger partial charge in [-0.1, -0.05) is 30.3 Å². The maximum absolute atomic E-state index is 10.6. The number of pyridine rings is 2. The third-order valence-corrected chi connectivity index (χ3v) is 4.86. The van der Waals surface area contributed by atoms with Crippen LogP contribution in [0.25, 0.3) is 10.8 Å². The fourth-order valence-electron chi connectivity index (χ4n) is 3.57. The number of hydrogen-bond acceptors (Lipinski definition) is 6. The number of hydrogen-bond donors (Lipinski definition) is 2. The van der Waals surface area contributed by atoms with Crippen LogP contribution < -0.4 is 10.6 Å². The van der Waals surface area contributed by atoms with E-state index in [-0.39, 0.29) is 0 Å². The van der Waals surface area contributed by atoms with Crippen LogP contribution in [0.2, 0.25) is 0 Å². The standard InChI is InChI=1S/C20H23N5O/c21-19-16(5-3-8-22-19)12-24-10-11-25(14-17(26)13-24)20-18-6-2-1-4-15(18)7-9-23-20/h1-9,17,26H,10-14H2,(H2,21,22)/t17-/m0/s1. The van der Waals surface area contributed by atoms with Crippen LogP contribution in [0.5, 0.6) is 0 Å². The van der Waals surface area contributed by atoms with Gasteiger partial charge < -0.3 is 15.7 Å². The summed E-state index contributed by atoms with van der Waals surface area (Å²) < 4.78 is 0. The van der Waals surface area contributed by atoms with Crippen LogP contribution >= 0.6 is 0 Å². The third kappa shape index (κ3) is 3.47. The van der Waals surface area contributed by atoms with Gasteiger partial charge in [-0.3, -0.25) is 4.90 Å². The van der Waals surface area contributed by atoms with Gasteiger partial charge in [-0.15, -0.1) is 0 Å². The van der Waals surface area contributed by atoms with Crippen molar-refractivity contribution in [3.05, 3.63) is 60.4 Å². The molecular formula is C20H23N5O. The van der Waals surface area contributed by atoms with E-state index in [2.05, 4.69) is 31.9 Å². The Hall–Kier alpha value is -2.70. The van der Waals surface area contributed by atoms with Crippen molar-refractivity contribution in [3.8, 4) is 0 Å². The van der Waals surface area contributed by atoms with Crippen molar-refractivity contribution in [2.45, 2.75) is 12.6 Å². The summed E-state index contributed by atoms with van der Waals surface area (Å²) in [6.45, 7) is 3.50. The summed E-state index contributed by atoms with van der Waals surface area (Å²) in [7, 11) is 0. The van der Waals surface area contributed by atoms with Crippen molar-refractivity contribution < 1.29 is 5.11 Å². The Morgan fingerprint density at radius 3 is 2.77 bits per heavy atom. The van der Waals surface area contributed by atoms with Crippen molar-refractivity contribution in [2.75, 3.05) is 36.8 Å². The number of benzene rings is 1. The zero-order valence-electron chi connectivity index (χ0n) is 14.6. The van der Waals surface area contributed by atoms with Crippen molar-refractivity contribution in [1.29, 1.82) is 0 Å². The highest BCUT2D eigenvalue weighted by Crippen LogP contribution is 2.25. The van der Waals surface area contributed by atoms with Crippen LogP contribution in [0.3, 0.4) is 0 Å². The van der Waals surface area contributed by atoms with Crippen molar-refractivity contribution in [2.24, 2.45) is 0 Å². The van der Waals surface area contributed by atoms with Gasteiger partial charge in [0.15, 0.2) is 0 Å². The summed E-state index contributed by atoms with van der Waals surface area (Å²) in [5, 5.41) is 12.8. The number of β-amino-alcohol motifs (C(OH)–C–C–N with tert-alkyl or cyclic N) is 1. The van der Waals surface area contributed by atoms with E-state index in [1.165, 1.54) is 0 Å². The van der Waals surface area contributed by atoms with Crippen molar-refractivity contribution in [3.63, 3.8) is 0 Å². The second-order valence-corrected chi connectivity index (χ2v) is 6.74. The van der Waals surface area contributed by atoms with E-state index < -0.39 is 6.10 Å². The van der Waals surface area contributed by atoms with Crippen LogP contribution in [0.15, 0.2) is 54.9 Å². The van der Waals surface area contributed by atoms with E-state index in [4.69, 9.17) is 5.73 Å². The number of nitrogens with two attached hydrogens (primary N) is 1. The molecule has 0 radical (unpaired) electrons. The number of anilines is 2. The minimum atomic E-state index is -0.448. The molecular weight excluding hydrogens is 326 g/mol. The first-order valence-corrected chi connectivity index (χ1v) is 8.89. The first-order valence-electron chi connectivity index (χ1n) is 8.89. The average molecular weight is 349 g/mol. The molecule has 6 nitrogen and oxygen atoms in total. The minimum absolute atomic E-state index is 0.448. The van der Waals surface area contributed by atoms with Gasteiger partial charge in [-0.25, -0.2) is 9.97 Å². The van der Waals surface area contributed by atoms with Crippen LogP contribution in [-0.4, -0.2) is 52.3 Å². The van der Waals surface area contributed by atoms with Gasteiger partial charge in [0.05, 0.1) is 6.10 Å². The molecule has 1 atom stereocenters. The Kier molecular flexibility index (Phi) is 4.69. The van der Waals surface area contributed by atoms with E-state index in [1.54, 1.807) is 6.20 Å². The summed E-state index contributed by atoms with van der Waals surface area (Å²) in [5.41, 5.74) is 6.97. The number of aliphatic hydroxyl groups is 1. The van der Waals surface area contributed by atoms with Gasteiger partial charge in [-0.2, -0.15) is 0 Å². The molecule has 4 rings (SSSR count). The number of fused-ring (bicyclic) bond motifs is 1. The smallest absolute Gasteiger partial charge is 0.136 e. The lowest BCUT2D eigenvalue weighted by Gasteiger charge is -2.24. The lowest BCUT2D eigenvalue weighted by molar-refractivity contribution is 0.129. The zero-order valence-corrected chi connectivity index (χ0v) is 14.6. The predicted molar refractivity (Wildman–Crippen MR) is 104 cm³/mol. The van der Waals surface area contributed by atoms with Gasteiger partial charge in [0, 0.05) is 56.1 Å². The molecule has 2 aromatic heterocycles. The van der Waals surface area contributed by atoms with Gasteiger partial charge >= 0.3 is 0 Å². The number of nitrogen functional groups attached to an aromatic ring is 1. The van der Waals surface area contributed by atoms with Crippen LogP contribution in [-0.2, 0) is 6.54 Å². The van der Waals surface area contributed by atoms with E-state index in [9.17, 15) is 5.11 Å². The maximum Gasteiger partial charge on any atom is 0.136 e. The Bertz CT molecular complexity index is 895. The SMILES string of the molecule is Nc1ncccc1CN1CCN(c2nccc3ccccc23)C[C@@H](O)C1. The van der Waals surface area contributed by atoms with E-state index >= 15 is 0 Å².